The Hall–Kier alpha value is 0.290. The molecule has 0 radical (unpaired) electrons. The van der Waals surface area contributed by atoms with Gasteiger partial charge >= 0.3 is 0 Å². The van der Waals surface area contributed by atoms with Gasteiger partial charge in [-0.05, 0) is 36.0 Å². The molecule has 0 spiro atoms. The molecule has 2 saturated carbocycles. The number of alkyl halides is 1. The van der Waals surface area contributed by atoms with Gasteiger partial charge in [-0.3, -0.25) is 0 Å². The lowest BCUT2D eigenvalue weighted by Crippen LogP contribution is -2.32. The molecule has 0 aromatic rings. The highest BCUT2D eigenvalue weighted by Gasteiger charge is 2.60. The standard InChI is InChI=1S/C10H17Cl/c1-9(2)7-4-5-10(9,3)8(11)6-7/h7-8H,4-6H2,1-3H3/t7-,8+,10+/m0/s1. The van der Waals surface area contributed by atoms with Crippen LogP contribution in [-0.4, -0.2) is 5.38 Å². The maximum Gasteiger partial charge on any atom is 0.0397 e. The van der Waals surface area contributed by atoms with Crippen LogP contribution in [0.1, 0.15) is 40.0 Å². The highest BCUT2D eigenvalue weighted by molar-refractivity contribution is 6.21. The van der Waals surface area contributed by atoms with Gasteiger partial charge in [0, 0.05) is 5.38 Å². The van der Waals surface area contributed by atoms with Gasteiger partial charge in [0.1, 0.15) is 0 Å². The molecule has 0 nitrogen and oxygen atoms in total. The van der Waals surface area contributed by atoms with Gasteiger partial charge in [0.2, 0.25) is 0 Å². The molecule has 64 valence electrons. The Morgan fingerprint density at radius 1 is 1.27 bits per heavy atom. The highest BCUT2D eigenvalue weighted by Crippen LogP contribution is 2.66. The van der Waals surface area contributed by atoms with E-state index in [0.29, 0.717) is 16.2 Å². The zero-order valence-corrected chi connectivity index (χ0v) is 8.41. The van der Waals surface area contributed by atoms with E-state index in [1.807, 2.05) is 0 Å². The summed E-state index contributed by atoms with van der Waals surface area (Å²) in [5.74, 6) is 0.898. The monoisotopic (exact) mass is 172 g/mol. The zero-order valence-electron chi connectivity index (χ0n) is 7.65. The molecule has 0 amide bonds. The molecule has 1 heteroatoms. The molecule has 2 rings (SSSR count). The number of rotatable bonds is 0. The van der Waals surface area contributed by atoms with E-state index in [1.54, 1.807) is 0 Å². The first kappa shape index (κ1) is 7.91. The van der Waals surface area contributed by atoms with Crippen LogP contribution in [-0.2, 0) is 0 Å². The predicted octanol–water partition coefficient (Wildman–Crippen LogP) is 3.44. The average molecular weight is 173 g/mol. The fourth-order valence-electron chi connectivity index (χ4n) is 3.11. The van der Waals surface area contributed by atoms with Crippen molar-refractivity contribution in [2.24, 2.45) is 16.7 Å². The van der Waals surface area contributed by atoms with Gasteiger partial charge < -0.3 is 0 Å². The van der Waals surface area contributed by atoms with E-state index in [0.717, 1.165) is 5.92 Å². The minimum atomic E-state index is 0.430. The Balaban J connectivity index is 2.40. The van der Waals surface area contributed by atoms with Crippen molar-refractivity contribution in [3.05, 3.63) is 0 Å². The summed E-state index contributed by atoms with van der Waals surface area (Å²) in [5.41, 5.74) is 0.929. The van der Waals surface area contributed by atoms with Crippen molar-refractivity contribution in [2.45, 2.75) is 45.4 Å². The molecule has 0 aromatic carbocycles. The topological polar surface area (TPSA) is 0 Å². The Kier molecular flexibility index (Phi) is 1.41. The third kappa shape index (κ3) is 0.722. The molecule has 2 fully saturated rings. The molecule has 11 heavy (non-hydrogen) atoms. The van der Waals surface area contributed by atoms with Crippen LogP contribution in [0.5, 0.6) is 0 Å². The molecule has 2 aliphatic carbocycles. The highest BCUT2D eigenvalue weighted by atomic mass is 35.5. The first-order chi connectivity index (χ1) is 4.98. The van der Waals surface area contributed by atoms with E-state index < -0.39 is 0 Å². The fraction of sp³-hybridized carbons (Fsp3) is 1.00. The lowest BCUT2D eigenvalue weighted by Gasteiger charge is -2.36. The minimum Gasteiger partial charge on any atom is -0.122 e. The third-order valence-electron chi connectivity index (χ3n) is 4.69. The molecule has 0 heterocycles. The quantitative estimate of drug-likeness (QED) is 0.491. The van der Waals surface area contributed by atoms with Gasteiger partial charge in [0.25, 0.3) is 0 Å². The van der Waals surface area contributed by atoms with E-state index in [-0.39, 0.29) is 0 Å². The average Bonchev–Trinajstić information content (AvgIpc) is 2.20. The van der Waals surface area contributed by atoms with E-state index in [1.165, 1.54) is 19.3 Å². The Morgan fingerprint density at radius 2 is 1.91 bits per heavy atom. The molecule has 2 bridgehead atoms. The van der Waals surface area contributed by atoms with Gasteiger partial charge in [-0.1, -0.05) is 20.8 Å². The van der Waals surface area contributed by atoms with Crippen LogP contribution < -0.4 is 0 Å². The van der Waals surface area contributed by atoms with Crippen LogP contribution in [0.2, 0.25) is 0 Å². The van der Waals surface area contributed by atoms with Crippen LogP contribution in [0.15, 0.2) is 0 Å². The second-order valence-electron chi connectivity index (χ2n) is 5.08. The Labute approximate surface area is 74.3 Å². The number of fused-ring (bicyclic) bond motifs is 2. The van der Waals surface area contributed by atoms with Crippen molar-refractivity contribution >= 4 is 11.6 Å². The zero-order chi connectivity index (χ0) is 8.28. The molecule has 3 atom stereocenters. The van der Waals surface area contributed by atoms with Gasteiger partial charge in [0.05, 0.1) is 0 Å². The predicted molar refractivity (Wildman–Crippen MR) is 48.9 cm³/mol. The lowest BCUT2D eigenvalue weighted by atomic mass is 9.71. The summed E-state index contributed by atoms with van der Waals surface area (Å²) in [4.78, 5) is 0. The first-order valence-electron chi connectivity index (χ1n) is 4.62. The van der Waals surface area contributed by atoms with Crippen molar-refractivity contribution in [1.29, 1.82) is 0 Å². The van der Waals surface area contributed by atoms with E-state index in [9.17, 15) is 0 Å². The summed E-state index contributed by atoms with van der Waals surface area (Å²) < 4.78 is 0. The maximum absolute atomic E-state index is 6.33. The van der Waals surface area contributed by atoms with Crippen molar-refractivity contribution in [2.75, 3.05) is 0 Å². The van der Waals surface area contributed by atoms with E-state index in [2.05, 4.69) is 20.8 Å². The van der Waals surface area contributed by atoms with Crippen LogP contribution in [0.4, 0.5) is 0 Å². The largest absolute Gasteiger partial charge is 0.122 e. The molecule has 2 aliphatic rings. The second-order valence-corrected chi connectivity index (χ2v) is 5.60. The van der Waals surface area contributed by atoms with E-state index in [4.69, 9.17) is 11.6 Å². The molecular formula is C10H17Cl. The fourth-order valence-corrected chi connectivity index (χ4v) is 3.71. The van der Waals surface area contributed by atoms with Crippen LogP contribution in [0, 0.1) is 16.7 Å². The van der Waals surface area contributed by atoms with Crippen molar-refractivity contribution in [3.8, 4) is 0 Å². The molecule has 0 saturated heterocycles. The molecule has 0 N–H and O–H groups in total. The van der Waals surface area contributed by atoms with Gasteiger partial charge in [0.15, 0.2) is 0 Å². The van der Waals surface area contributed by atoms with Gasteiger partial charge in [-0.15, -0.1) is 11.6 Å². The number of halogens is 1. The minimum absolute atomic E-state index is 0.430. The number of hydrogen-bond donors (Lipinski definition) is 0. The first-order valence-corrected chi connectivity index (χ1v) is 5.06. The molecule has 0 unspecified atom stereocenters. The van der Waals surface area contributed by atoms with Gasteiger partial charge in [-0.2, -0.15) is 0 Å². The summed E-state index contributed by atoms with van der Waals surface area (Å²) >= 11 is 6.33. The third-order valence-corrected chi connectivity index (χ3v) is 5.35. The van der Waals surface area contributed by atoms with Crippen LogP contribution >= 0.6 is 11.6 Å². The van der Waals surface area contributed by atoms with Crippen molar-refractivity contribution in [1.82, 2.24) is 0 Å². The summed E-state index contributed by atoms with van der Waals surface area (Å²) in [6, 6.07) is 0. The lowest BCUT2D eigenvalue weighted by molar-refractivity contribution is 0.155. The molecular weight excluding hydrogens is 156 g/mol. The summed E-state index contributed by atoms with van der Waals surface area (Å²) in [6.07, 6.45) is 4.01. The number of hydrogen-bond acceptors (Lipinski definition) is 0. The van der Waals surface area contributed by atoms with Crippen LogP contribution in [0.3, 0.4) is 0 Å². The summed E-state index contributed by atoms with van der Waals surface area (Å²) in [7, 11) is 0. The normalized spacial score (nSPS) is 53.5. The summed E-state index contributed by atoms with van der Waals surface area (Å²) in [5, 5.41) is 0.441. The molecule has 0 aliphatic heterocycles. The Morgan fingerprint density at radius 3 is 2.09 bits per heavy atom. The maximum atomic E-state index is 6.33. The summed E-state index contributed by atoms with van der Waals surface area (Å²) in [6.45, 7) is 7.16. The van der Waals surface area contributed by atoms with Crippen molar-refractivity contribution < 1.29 is 0 Å². The van der Waals surface area contributed by atoms with Crippen molar-refractivity contribution in [3.63, 3.8) is 0 Å². The second kappa shape index (κ2) is 1.96. The smallest absolute Gasteiger partial charge is 0.0397 e. The van der Waals surface area contributed by atoms with Gasteiger partial charge in [-0.25, -0.2) is 0 Å². The SMILES string of the molecule is CC1(C)[C@H]2CC[C@]1(C)[C@H](Cl)C2. The Bertz CT molecular complexity index is 185. The molecule has 0 aromatic heterocycles. The van der Waals surface area contributed by atoms with E-state index >= 15 is 0 Å². The van der Waals surface area contributed by atoms with Crippen LogP contribution in [0.25, 0.3) is 0 Å².